The Hall–Kier alpha value is -2.04. The van der Waals surface area contributed by atoms with Crippen molar-refractivity contribution in [3.05, 3.63) is 24.3 Å². The Balaban J connectivity index is 1.37. The number of hydrogen-bond acceptors (Lipinski definition) is 3. The number of para-hydroxylation sites is 2. The lowest BCUT2D eigenvalue weighted by molar-refractivity contribution is -0.126. The molecule has 5 nitrogen and oxygen atoms in total. The molecule has 1 aliphatic carbocycles. The smallest absolute Gasteiger partial charge is 0.223 e. The maximum absolute atomic E-state index is 12.7. The summed E-state index contributed by atoms with van der Waals surface area (Å²) in [5, 5.41) is 3.35. The summed E-state index contributed by atoms with van der Waals surface area (Å²) in [5.41, 5.74) is 2.20. The first kappa shape index (κ1) is 17.4. The summed E-state index contributed by atoms with van der Waals surface area (Å²) in [6.07, 6.45) is 6.78. The fourth-order valence-electron chi connectivity index (χ4n) is 4.59. The number of anilines is 1. The van der Waals surface area contributed by atoms with Crippen LogP contribution in [-0.2, 0) is 11.8 Å². The van der Waals surface area contributed by atoms with Gasteiger partial charge in [-0.15, -0.1) is 0 Å². The summed E-state index contributed by atoms with van der Waals surface area (Å²) in [5.74, 6) is 2.06. The van der Waals surface area contributed by atoms with Crippen LogP contribution in [0.1, 0.15) is 45.4 Å². The Bertz CT molecular complexity index is 775. The van der Waals surface area contributed by atoms with Crippen LogP contribution in [0.4, 0.5) is 5.95 Å². The van der Waals surface area contributed by atoms with Crippen LogP contribution in [0.5, 0.6) is 0 Å². The number of rotatable bonds is 3. The molecular formula is C21H30N4O. The normalized spacial score (nSPS) is 24.8. The van der Waals surface area contributed by atoms with Gasteiger partial charge in [0.05, 0.1) is 11.0 Å². The van der Waals surface area contributed by atoms with Crippen molar-refractivity contribution in [3.63, 3.8) is 0 Å². The first-order valence-corrected chi connectivity index (χ1v) is 10.1. The van der Waals surface area contributed by atoms with E-state index in [1.807, 2.05) is 6.07 Å². The Labute approximate surface area is 155 Å². The lowest BCUT2D eigenvalue weighted by Gasteiger charge is -2.34. The van der Waals surface area contributed by atoms with Gasteiger partial charge in [0.2, 0.25) is 11.9 Å². The van der Waals surface area contributed by atoms with Gasteiger partial charge in [-0.25, -0.2) is 4.98 Å². The van der Waals surface area contributed by atoms with Crippen molar-refractivity contribution in [1.29, 1.82) is 0 Å². The lowest BCUT2D eigenvalue weighted by atomic mass is 9.85. The quantitative estimate of drug-likeness (QED) is 0.918. The number of carbonyl (C=O) groups excluding carboxylic acids is 1. The number of nitrogens with zero attached hydrogens (tertiary/aromatic N) is 3. The van der Waals surface area contributed by atoms with E-state index >= 15 is 0 Å². The zero-order valence-electron chi connectivity index (χ0n) is 15.9. The van der Waals surface area contributed by atoms with Gasteiger partial charge in [-0.05, 0) is 43.7 Å². The van der Waals surface area contributed by atoms with Crippen LogP contribution in [0.25, 0.3) is 11.0 Å². The van der Waals surface area contributed by atoms with E-state index in [-0.39, 0.29) is 11.8 Å². The van der Waals surface area contributed by atoms with Crippen LogP contribution in [0.15, 0.2) is 24.3 Å². The monoisotopic (exact) mass is 354 g/mol. The number of benzene rings is 1. The number of aromatic nitrogens is 2. The number of imidazole rings is 1. The van der Waals surface area contributed by atoms with Crippen LogP contribution >= 0.6 is 0 Å². The van der Waals surface area contributed by atoms with Crippen LogP contribution in [0.3, 0.4) is 0 Å². The zero-order chi connectivity index (χ0) is 18.1. The fraction of sp³-hybridized carbons (Fsp3) is 0.619. The molecule has 1 aromatic heterocycles. The van der Waals surface area contributed by atoms with Gasteiger partial charge in [0.25, 0.3) is 0 Å². The Morgan fingerprint density at radius 3 is 2.58 bits per heavy atom. The Morgan fingerprint density at radius 2 is 1.85 bits per heavy atom. The minimum absolute atomic E-state index is 0.148. The minimum atomic E-state index is 0.148. The van der Waals surface area contributed by atoms with Crippen LogP contribution < -0.4 is 10.2 Å². The van der Waals surface area contributed by atoms with Crippen molar-refractivity contribution in [2.75, 3.05) is 18.0 Å². The van der Waals surface area contributed by atoms with Crippen molar-refractivity contribution >= 4 is 22.9 Å². The number of hydrogen-bond donors (Lipinski definition) is 1. The molecule has 5 heteroatoms. The second-order valence-electron chi connectivity index (χ2n) is 8.10. The number of carbonyl (C=O) groups is 1. The third-order valence-corrected chi connectivity index (χ3v) is 6.35. The Kier molecular flexibility index (Phi) is 4.88. The van der Waals surface area contributed by atoms with Gasteiger partial charge in [-0.2, -0.15) is 0 Å². The van der Waals surface area contributed by atoms with E-state index in [1.54, 1.807) is 0 Å². The maximum Gasteiger partial charge on any atom is 0.223 e. The highest BCUT2D eigenvalue weighted by atomic mass is 16.2. The van der Waals surface area contributed by atoms with Gasteiger partial charge in [0.15, 0.2) is 0 Å². The Morgan fingerprint density at radius 1 is 1.12 bits per heavy atom. The molecule has 4 rings (SSSR count). The summed E-state index contributed by atoms with van der Waals surface area (Å²) in [7, 11) is 2.08. The average molecular weight is 354 g/mol. The molecule has 0 radical (unpaired) electrons. The highest BCUT2D eigenvalue weighted by molar-refractivity contribution is 5.80. The zero-order valence-corrected chi connectivity index (χ0v) is 15.9. The number of nitrogens with one attached hydrogen (secondary N) is 1. The van der Waals surface area contributed by atoms with Gasteiger partial charge in [-0.1, -0.05) is 31.9 Å². The predicted molar refractivity (Wildman–Crippen MR) is 105 cm³/mol. The fourth-order valence-corrected chi connectivity index (χ4v) is 4.59. The number of amides is 1. The van der Waals surface area contributed by atoms with Gasteiger partial charge in [0.1, 0.15) is 0 Å². The first-order valence-electron chi connectivity index (χ1n) is 10.1. The molecule has 2 heterocycles. The molecule has 2 aromatic rings. The molecule has 1 N–H and O–H groups in total. The first-order chi connectivity index (χ1) is 12.6. The van der Waals surface area contributed by atoms with Crippen molar-refractivity contribution in [2.24, 2.45) is 18.9 Å². The van der Waals surface area contributed by atoms with Crippen molar-refractivity contribution < 1.29 is 4.79 Å². The molecule has 1 amide bonds. The van der Waals surface area contributed by atoms with Gasteiger partial charge < -0.3 is 14.8 Å². The molecule has 140 valence electrons. The molecule has 2 atom stereocenters. The third-order valence-electron chi connectivity index (χ3n) is 6.35. The van der Waals surface area contributed by atoms with Gasteiger partial charge >= 0.3 is 0 Å². The van der Waals surface area contributed by atoms with Crippen molar-refractivity contribution in [3.8, 4) is 0 Å². The lowest BCUT2D eigenvalue weighted by Crippen LogP contribution is -2.47. The van der Waals surface area contributed by atoms with E-state index in [0.717, 1.165) is 49.3 Å². The third kappa shape index (κ3) is 3.31. The van der Waals surface area contributed by atoms with E-state index in [1.165, 1.54) is 19.3 Å². The molecule has 2 aliphatic rings. The number of fused-ring (bicyclic) bond motifs is 1. The van der Waals surface area contributed by atoms with Crippen molar-refractivity contribution in [1.82, 2.24) is 14.9 Å². The molecule has 0 bridgehead atoms. The van der Waals surface area contributed by atoms with Gasteiger partial charge in [0, 0.05) is 32.1 Å². The largest absolute Gasteiger partial charge is 0.353 e. The van der Waals surface area contributed by atoms with E-state index in [2.05, 4.69) is 47.0 Å². The minimum Gasteiger partial charge on any atom is -0.353 e. The number of aryl methyl sites for hydroxylation is 1. The highest BCUT2D eigenvalue weighted by Gasteiger charge is 2.30. The maximum atomic E-state index is 12.7. The van der Waals surface area contributed by atoms with E-state index < -0.39 is 0 Å². The summed E-state index contributed by atoms with van der Waals surface area (Å²) < 4.78 is 2.17. The summed E-state index contributed by atoms with van der Waals surface area (Å²) in [4.78, 5) is 19.8. The summed E-state index contributed by atoms with van der Waals surface area (Å²) in [6.45, 7) is 4.07. The average Bonchev–Trinajstić information content (AvgIpc) is 3.01. The molecule has 0 unspecified atom stereocenters. The summed E-state index contributed by atoms with van der Waals surface area (Å²) in [6, 6.07) is 8.63. The highest BCUT2D eigenvalue weighted by Crippen LogP contribution is 2.27. The molecule has 1 saturated heterocycles. The topological polar surface area (TPSA) is 50.2 Å². The van der Waals surface area contributed by atoms with Crippen LogP contribution in [0.2, 0.25) is 0 Å². The van der Waals surface area contributed by atoms with Gasteiger partial charge in [-0.3, -0.25) is 4.79 Å². The SMILES string of the molecule is C[C@@H]1CCCC[C@H]1NC(=O)C1CCN(c2nc3ccccc3n2C)CC1. The number of piperidine rings is 1. The van der Waals surface area contributed by atoms with E-state index in [4.69, 9.17) is 4.98 Å². The molecule has 1 saturated carbocycles. The van der Waals surface area contributed by atoms with E-state index in [9.17, 15) is 4.79 Å². The second-order valence-corrected chi connectivity index (χ2v) is 8.10. The second kappa shape index (κ2) is 7.29. The molecule has 26 heavy (non-hydrogen) atoms. The predicted octanol–water partition coefficient (Wildman–Crippen LogP) is 3.48. The standard InChI is InChI=1S/C21H30N4O/c1-15-7-3-4-8-17(15)22-20(26)16-11-13-25(14-12-16)21-23-18-9-5-6-10-19(18)24(21)2/h5-6,9-10,15-17H,3-4,7-8,11-14H2,1-2H3,(H,22,26)/t15-,17-/m1/s1. The molecular weight excluding hydrogens is 324 g/mol. The summed E-state index contributed by atoms with van der Waals surface area (Å²) >= 11 is 0. The van der Waals surface area contributed by atoms with E-state index in [0.29, 0.717) is 12.0 Å². The van der Waals surface area contributed by atoms with Crippen molar-refractivity contribution in [2.45, 2.75) is 51.5 Å². The van der Waals surface area contributed by atoms with Crippen LogP contribution in [0, 0.1) is 11.8 Å². The molecule has 0 spiro atoms. The molecule has 1 aromatic carbocycles. The van der Waals surface area contributed by atoms with Crippen LogP contribution in [-0.4, -0.2) is 34.6 Å². The molecule has 2 fully saturated rings. The molecule has 1 aliphatic heterocycles.